The summed E-state index contributed by atoms with van der Waals surface area (Å²) >= 11 is 1.49. The summed E-state index contributed by atoms with van der Waals surface area (Å²) in [5.74, 6) is 0.0438. The standard InChI is InChI=1S/C16H18N2OS/c1-2-4-15(19)18-16-17-14(10-20-16)13-8-7-11-5-3-6-12(11)9-13/h7-10H,2-6H2,1H3,(H,17,18,19). The van der Waals surface area contributed by atoms with Gasteiger partial charge in [-0.3, -0.25) is 4.79 Å². The molecule has 1 aromatic carbocycles. The van der Waals surface area contributed by atoms with Crippen LogP contribution in [0.2, 0.25) is 0 Å². The molecule has 0 spiro atoms. The van der Waals surface area contributed by atoms with Crippen molar-refractivity contribution in [3.05, 3.63) is 34.7 Å². The van der Waals surface area contributed by atoms with Gasteiger partial charge in [-0.05, 0) is 42.9 Å². The number of aromatic nitrogens is 1. The van der Waals surface area contributed by atoms with Gasteiger partial charge < -0.3 is 5.32 Å². The van der Waals surface area contributed by atoms with Crippen LogP contribution in [0.3, 0.4) is 0 Å². The van der Waals surface area contributed by atoms with Gasteiger partial charge in [0.05, 0.1) is 5.69 Å². The summed E-state index contributed by atoms with van der Waals surface area (Å²) in [6, 6.07) is 6.60. The molecule has 3 rings (SSSR count). The number of carbonyl (C=O) groups is 1. The van der Waals surface area contributed by atoms with Crippen LogP contribution in [-0.4, -0.2) is 10.9 Å². The number of amides is 1. The molecule has 4 heteroatoms. The Morgan fingerprint density at radius 3 is 3.05 bits per heavy atom. The Balaban J connectivity index is 1.78. The third-order valence-corrected chi connectivity index (χ3v) is 4.38. The Kier molecular flexibility index (Phi) is 3.83. The Hall–Kier alpha value is -1.68. The second-order valence-corrected chi connectivity index (χ2v) is 6.03. The van der Waals surface area contributed by atoms with E-state index < -0.39 is 0 Å². The zero-order chi connectivity index (χ0) is 13.9. The fourth-order valence-corrected chi connectivity index (χ4v) is 3.34. The molecule has 1 aliphatic carbocycles. The minimum atomic E-state index is 0.0438. The van der Waals surface area contributed by atoms with E-state index in [-0.39, 0.29) is 5.91 Å². The van der Waals surface area contributed by atoms with Crippen molar-refractivity contribution < 1.29 is 4.79 Å². The summed E-state index contributed by atoms with van der Waals surface area (Å²) in [6.45, 7) is 2.00. The van der Waals surface area contributed by atoms with Crippen molar-refractivity contribution in [1.29, 1.82) is 0 Å². The molecule has 3 nitrogen and oxygen atoms in total. The number of hydrogen-bond donors (Lipinski definition) is 1. The summed E-state index contributed by atoms with van der Waals surface area (Å²) in [5, 5.41) is 5.56. The van der Waals surface area contributed by atoms with Gasteiger partial charge in [0.1, 0.15) is 0 Å². The second kappa shape index (κ2) is 5.75. The van der Waals surface area contributed by atoms with Crippen molar-refractivity contribution in [2.75, 3.05) is 5.32 Å². The molecule has 0 aliphatic heterocycles. The average Bonchev–Trinajstić information content (AvgIpc) is 3.06. The Morgan fingerprint density at radius 1 is 1.35 bits per heavy atom. The SMILES string of the molecule is CCCC(=O)Nc1nc(-c2ccc3c(c2)CCC3)cs1. The van der Waals surface area contributed by atoms with Gasteiger partial charge in [0.15, 0.2) is 5.13 Å². The lowest BCUT2D eigenvalue weighted by atomic mass is 10.1. The first-order valence-corrected chi connectivity index (χ1v) is 8.02. The van der Waals surface area contributed by atoms with Crippen molar-refractivity contribution in [3.63, 3.8) is 0 Å². The highest BCUT2D eigenvalue weighted by Crippen LogP contribution is 2.30. The average molecular weight is 286 g/mol. The maximum Gasteiger partial charge on any atom is 0.226 e. The highest BCUT2D eigenvalue weighted by molar-refractivity contribution is 7.14. The maximum atomic E-state index is 11.6. The van der Waals surface area contributed by atoms with Gasteiger partial charge in [0, 0.05) is 17.4 Å². The van der Waals surface area contributed by atoms with E-state index >= 15 is 0 Å². The van der Waals surface area contributed by atoms with E-state index in [1.807, 2.05) is 12.3 Å². The lowest BCUT2D eigenvalue weighted by molar-refractivity contribution is -0.116. The molecule has 1 aliphatic rings. The molecule has 104 valence electrons. The Morgan fingerprint density at radius 2 is 2.20 bits per heavy atom. The monoisotopic (exact) mass is 286 g/mol. The van der Waals surface area contributed by atoms with Crippen molar-refractivity contribution in [2.24, 2.45) is 0 Å². The van der Waals surface area contributed by atoms with Gasteiger partial charge in [0.25, 0.3) is 0 Å². The fourth-order valence-electron chi connectivity index (χ4n) is 2.60. The molecule has 0 saturated heterocycles. The first-order valence-electron chi connectivity index (χ1n) is 7.14. The lowest BCUT2D eigenvalue weighted by Gasteiger charge is -2.02. The zero-order valence-corrected chi connectivity index (χ0v) is 12.4. The number of nitrogens with one attached hydrogen (secondary N) is 1. The van der Waals surface area contributed by atoms with E-state index in [2.05, 4.69) is 28.5 Å². The van der Waals surface area contributed by atoms with Crippen molar-refractivity contribution in [3.8, 4) is 11.3 Å². The Bertz CT molecular complexity index is 633. The molecule has 0 atom stereocenters. The Labute approximate surface area is 123 Å². The van der Waals surface area contributed by atoms with Crippen molar-refractivity contribution in [2.45, 2.75) is 39.0 Å². The molecule has 2 aromatic rings. The van der Waals surface area contributed by atoms with E-state index in [4.69, 9.17) is 0 Å². The van der Waals surface area contributed by atoms with Crippen LogP contribution in [0.1, 0.15) is 37.3 Å². The van der Waals surface area contributed by atoms with Crippen LogP contribution in [0.15, 0.2) is 23.6 Å². The van der Waals surface area contributed by atoms with E-state index in [0.29, 0.717) is 11.6 Å². The zero-order valence-electron chi connectivity index (χ0n) is 11.6. The van der Waals surface area contributed by atoms with Gasteiger partial charge in [-0.25, -0.2) is 4.98 Å². The van der Waals surface area contributed by atoms with Crippen LogP contribution in [0, 0.1) is 0 Å². The molecule has 1 N–H and O–H groups in total. The van der Waals surface area contributed by atoms with Gasteiger partial charge in [-0.15, -0.1) is 11.3 Å². The van der Waals surface area contributed by atoms with Crippen LogP contribution in [0.25, 0.3) is 11.3 Å². The lowest BCUT2D eigenvalue weighted by Crippen LogP contribution is -2.10. The van der Waals surface area contributed by atoms with E-state index in [1.54, 1.807) is 0 Å². The third-order valence-electron chi connectivity index (χ3n) is 3.62. The molecule has 1 heterocycles. The van der Waals surface area contributed by atoms with Crippen LogP contribution < -0.4 is 5.32 Å². The smallest absolute Gasteiger partial charge is 0.226 e. The summed E-state index contributed by atoms with van der Waals surface area (Å²) in [5.41, 5.74) is 5.03. The summed E-state index contributed by atoms with van der Waals surface area (Å²) in [6.07, 6.45) is 5.04. The maximum absolute atomic E-state index is 11.6. The van der Waals surface area contributed by atoms with Crippen LogP contribution in [-0.2, 0) is 17.6 Å². The molecule has 0 radical (unpaired) electrons. The van der Waals surface area contributed by atoms with E-state index in [9.17, 15) is 4.79 Å². The first-order chi connectivity index (χ1) is 9.76. The van der Waals surface area contributed by atoms with Crippen LogP contribution in [0.5, 0.6) is 0 Å². The number of carbonyl (C=O) groups excluding carboxylic acids is 1. The molecule has 0 saturated carbocycles. The highest BCUT2D eigenvalue weighted by atomic mass is 32.1. The number of rotatable bonds is 4. The fraction of sp³-hybridized carbons (Fsp3) is 0.375. The number of anilines is 1. The first kappa shape index (κ1) is 13.3. The minimum Gasteiger partial charge on any atom is -0.302 e. The molecular weight excluding hydrogens is 268 g/mol. The number of nitrogens with zero attached hydrogens (tertiary/aromatic N) is 1. The van der Waals surface area contributed by atoms with Gasteiger partial charge in [-0.1, -0.05) is 19.1 Å². The predicted octanol–water partition coefficient (Wildman–Crippen LogP) is 4.04. The second-order valence-electron chi connectivity index (χ2n) is 5.17. The number of benzene rings is 1. The van der Waals surface area contributed by atoms with Crippen molar-refractivity contribution in [1.82, 2.24) is 4.98 Å². The van der Waals surface area contributed by atoms with E-state index in [1.165, 1.54) is 41.7 Å². The molecular formula is C16H18N2OS. The van der Waals surface area contributed by atoms with Gasteiger partial charge in [-0.2, -0.15) is 0 Å². The molecule has 1 amide bonds. The highest BCUT2D eigenvalue weighted by Gasteiger charge is 2.13. The molecule has 0 unspecified atom stereocenters. The van der Waals surface area contributed by atoms with Gasteiger partial charge in [0.2, 0.25) is 5.91 Å². The molecule has 20 heavy (non-hydrogen) atoms. The summed E-state index contributed by atoms with van der Waals surface area (Å²) in [7, 11) is 0. The minimum absolute atomic E-state index is 0.0438. The summed E-state index contributed by atoms with van der Waals surface area (Å²) < 4.78 is 0. The predicted molar refractivity (Wildman–Crippen MR) is 83.1 cm³/mol. The molecule has 1 aromatic heterocycles. The quantitative estimate of drug-likeness (QED) is 0.921. The summed E-state index contributed by atoms with van der Waals surface area (Å²) in [4.78, 5) is 16.1. The number of aryl methyl sites for hydroxylation is 2. The largest absolute Gasteiger partial charge is 0.302 e. The molecule has 0 bridgehead atoms. The van der Waals surface area contributed by atoms with E-state index in [0.717, 1.165) is 17.7 Å². The van der Waals surface area contributed by atoms with Gasteiger partial charge >= 0.3 is 0 Å². The van der Waals surface area contributed by atoms with Crippen LogP contribution in [0.4, 0.5) is 5.13 Å². The topological polar surface area (TPSA) is 42.0 Å². The number of hydrogen-bond acceptors (Lipinski definition) is 3. The molecule has 0 fully saturated rings. The number of fused-ring (bicyclic) bond motifs is 1. The van der Waals surface area contributed by atoms with Crippen LogP contribution >= 0.6 is 11.3 Å². The normalized spacial score (nSPS) is 13.2. The van der Waals surface area contributed by atoms with Crippen molar-refractivity contribution >= 4 is 22.4 Å². The number of thiazole rings is 1. The third kappa shape index (κ3) is 2.75.